The third-order valence-corrected chi connectivity index (χ3v) is 2.08. The second-order valence-corrected chi connectivity index (χ2v) is 3.04. The van der Waals surface area contributed by atoms with Crippen LogP contribution in [0.25, 0.3) is 0 Å². The van der Waals surface area contributed by atoms with Crippen molar-refractivity contribution in [3.63, 3.8) is 0 Å². The lowest BCUT2D eigenvalue weighted by molar-refractivity contribution is 0.918. The Morgan fingerprint density at radius 2 is 2.17 bits per heavy atom. The van der Waals surface area contributed by atoms with Crippen LogP contribution in [0.4, 0.5) is 0 Å². The highest BCUT2D eigenvalue weighted by atomic mass is 14.3. The van der Waals surface area contributed by atoms with Crippen LogP contribution in [0.5, 0.6) is 0 Å². The van der Waals surface area contributed by atoms with Gasteiger partial charge in [-0.2, -0.15) is 0 Å². The fourth-order valence-electron chi connectivity index (χ4n) is 1.44. The fraction of sp³-hybridized carbons (Fsp3) is 0.364. The van der Waals surface area contributed by atoms with Crippen molar-refractivity contribution in [2.24, 2.45) is 0 Å². The minimum absolute atomic E-state index is 1.08. The molecule has 0 saturated carbocycles. The number of nitrogens with one attached hydrogen (secondary N) is 1. The highest BCUT2D eigenvalue weighted by molar-refractivity contribution is 5.81. The van der Waals surface area contributed by atoms with E-state index in [1.54, 1.807) is 0 Å². The number of hydrogen-bond donors (Lipinski definition) is 1. The topological polar surface area (TPSA) is 23.9 Å². The van der Waals surface area contributed by atoms with Crippen molar-refractivity contribution in [1.82, 2.24) is 0 Å². The van der Waals surface area contributed by atoms with Gasteiger partial charge < -0.3 is 5.41 Å². The summed E-state index contributed by atoms with van der Waals surface area (Å²) in [6.45, 7) is 4.22. The van der Waals surface area contributed by atoms with Crippen LogP contribution < -0.4 is 0 Å². The Labute approximate surface area is 73.9 Å². The molecule has 64 valence electrons. The summed E-state index contributed by atoms with van der Waals surface area (Å²) in [6.07, 6.45) is 3.68. The molecule has 1 aromatic carbocycles. The summed E-state index contributed by atoms with van der Waals surface area (Å²) < 4.78 is 0. The Morgan fingerprint density at radius 1 is 1.42 bits per heavy atom. The van der Waals surface area contributed by atoms with Crippen molar-refractivity contribution >= 4 is 6.21 Å². The van der Waals surface area contributed by atoms with E-state index in [4.69, 9.17) is 5.41 Å². The lowest BCUT2D eigenvalue weighted by Gasteiger charge is -2.06. The molecule has 1 aromatic rings. The van der Waals surface area contributed by atoms with Gasteiger partial charge in [0.15, 0.2) is 0 Å². The zero-order chi connectivity index (χ0) is 8.97. The molecule has 0 aliphatic rings. The molecule has 0 aliphatic carbocycles. The van der Waals surface area contributed by atoms with Crippen molar-refractivity contribution in [2.45, 2.75) is 26.7 Å². The first-order valence-corrected chi connectivity index (χ1v) is 4.38. The highest BCUT2D eigenvalue weighted by Crippen LogP contribution is 2.13. The molecule has 1 N–H and O–H groups in total. The molecule has 0 fully saturated rings. The third kappa shape index (κ3) is 1.73. The lowest BCUT2D eigenvalue weighted by atomic mass is 10.00. The molecule has 1 heteroatoms. The molecule has 1 nitrogen and oxygen atoms in total. The summed E-state index contributed by atoms with van der Waals surface area (Å²) >= 11 is 0. The molecular weight excluding hydrogens is 146 g/mol. The molecule has 0 radical (unpaired) electrons. The van der Waals surface area contributed by atoms with Crippen LogP contribution in [0.2, 0.25) is 0 Å². The van der Waals surface area contributed by atoms with Gasteiger partial charge in [-0.15, -0.1) is 0 Å². The molecule has 1 rings (SSSR count). The highest BCUT2D eigenvalue weighted by Gasteiger charge is 2.00. The van der Waals surface area contributed by atoms with E-state index in [0.29, 0.717) is 0 Å². The molecule has 0 saturated heterocycles. The van der Waals surface area contributed by atoms with E-state index in [1.807, 2.05) is 0 Å². The summed E-state index contributed by atoms with van der Waals surface area (Å²) in [6, 6.07) is 6.23. The lowest BCUT2D eigenvalue weighted by Crippen LogP contribution is -1.94. The van der Waals surface area contributed by atoms with Gasteiger partial charge in [0.1, 0.15) is 0 Å². The maximum Gasteiger partial charge on any atom is 0.0255 e. The molecule has 0 heterocycles. The normalized spacial score (nSPS) is 9.83. The summed E-state index contributed by atoms with van der Waals surface area (Å²) in [5.74, 6) is 0. The van der Waals surface area contributed by atoms with Crippen LogP contribution >= 0.6 is 0 Å². The first-order valence-electron chi connectivity index (χ1n) is 4.38. The Balaban J connectivity index is 3.09. The Bertz CT molecular complexity index is 276. The van der Waals surface area contributed by atoms with Crippen molar-refractivity contribution in [2.75, 3.05) is 0 Å². The monoisotopic (exact) mass is 161 g/mol. The number of hydrogen-bond acceptors (Lipinski definition) is 1. The van der Waals surface area contributed by atoms with Gasteiger partial charge in [0.2, 0.25) is 0 Å². The van der Waals surface area contributed by atoms with E-state index in [-0.39, 0.29) is 0 Å². The summed E-state index contributed by atoms with van der Waals surface area (Å²) in [5.41, 5.74) is 3.60. The van der Waals surface area contributed by atoms with Gasteiger partial charge in [-0.3, -0.25) is 0 Å². The zero-order valence-electron chi connectivity index (χ0n) is 7.72. The molecule has 0 unspecified atom stereocenters. The van der Waals surface area contributed by atoms with E-state index in [2.05, 4.69) is 32.0 Å². The SMILES string of the molecule is CCCc1cccc(C)c1C=N. The number of benzene rings is 1. The van der Waals surface area contributed by atoms with Gasteiger partial charge >= 0.3 is 0 Å². The van der Waals surface area contributed by atoms with Crippen LogP contribution in [0.3, 0.4) is 0 Å². The molecule has 0 amide bonds. The predicted octanol–water partition coefficient (Wildman–Crippen LogP) is 2.95. The predicted molar refractivity (Wildman–Crippen MR) is 53.1 cm³/mol. The van der Waals surface area contributed by atoms with E-state index < -0.39 is 0 Å². The maximum absolute atomic E-state index is 7.28. The van der Waals surface area contributed by atoms with Gasteiger partial charge in [-0.25, -0.2) is 0 Å². The maximum atomic E-state index is 7.28. The molecule has 0 aliphatic heterocycles. The largest absolute Gasteiger partial charge is 0.308 e. The van der Waals surface area contributed by atoms with Gasteiger partial charge in [0.25, 0.3) is 0 Å². The Hall–Kier alpha value is -1.11. The van der Waals surface area contributed by atoms with E-state index in [9.17, 15) is 0 Å². The molecule has 12 heavy (non-hydrogen) atoms. The van der Waals surface area contributed by atoms with Crippen LogP contribution in [0.15, 0.2) is 18.2 Å². The van der Waals surface area contributed by atoms with Crippen molar-refractivity contribution in [1.29, 1.82) is 5.41 Å². The van der Waals surface area contributed by atoms with E-state index in [0.717, 1.165) is 18.4 Å². The second kappa shape index (κ2) is 4.05. The van der Waals surface area contributed by atoms with Gasteiger partial charge in [-0.05, 0) is 30.0 Å². The zero-order valence-corrected chi connectivity index (χ0v) is 7.72. The van der Waals surface area contributed by atoms with Crippen molar-refractivity contribution in [3.05, 3.63) is 34.9 Å². The number of aryl methyl sites for hydroxylation is 2. The molecule has 0 bridgehead atoms. The quantitative estimate of drug-likeness (QED) is 0.659. The summed E-state index contributed by atoms with van der Waals surface area (Å²) in [7, 11) is 0. The Kier molecular flexibility index (Phi) is 3.03. The first kappa shape index (κ1) is 8.98. The van der Waals surface area contributed by atoms with Gasteiger partial charge in [-0.1, -0.05) is 31.5 Å². The van der Waals surface area contributed by atoms with Crippen molar-refractivity contribution in [3.8, 4) is 0 Å². The standard InChI is InChI=1S/C11H15N/c1-3-5-10-7-4-6-9(2)11(10)8-12/h4,6-8,12H,3,5H2,1-2H3. The minimum atomic E-state index is 1.08. The van der Waals surface area contributed by atoms with E-state index >= 15 is 0 Å². The van der Waals surface area contributed by atoms with Crippen molar-refractivity contribution < 1.29 is 0 Å². The van der Waals surface area contributed by atoms with Crippen LogP contribution in [0, 0.1) is 12.3 Å². The average molecular weight is 161 g/mol. The van der Waals surface area contributed by atoms with Crippen LogP contribution in [-0.2, 0) is 6.42 Å². The second-order valence-electron chi connectivity index (χ2n) is 3.04. The molecule has 0 aromatic heterocycles. The third-order valence-electron chi connectivity index (χ3n) is 2.08. The first-order chi connectivity index (χ1) is 5.79. The fourth-order valence-corrected chi connectivity index (χ4v) is 1.44. The minimum Gasteiger partial charge on any atom is -0.308 e. The van der Waals surface area contributed by atoms with Crippen LogP contribution in [0.1, 0.15) is 30.0 Å². The van der Waals surface area contributed by atoms with Crippen LogP contribution in [-0.4, -0.2) is 6.21 Å². The molecule has 0 atom stereocenters. The smallest absolute Gasteiger partial charge is 0.0255 e. The number of rotatable bonds is 3. The molecule has 0 spiro atoms. The van der Waals surface area contributed by atoms with E-state index in [1.165, 1.54) is 17.3 Å². The summed E-state index contributed by atoms with van der Waals surface area (Å²) in [5, 5.41) is 7.28. The Morgan fingerprint density at radius 3 is 2.75 bits per heavy atom. The summed E-state index contributed by atoms with van der Waals surface area (Å²) in [4.78, 5) is 0. The molecular formula is C11H15N. The van der Waals surface area contributed by atoms with Gasteiger partial charge in [0, 0.05) is 6.21 Å². The van der Waals surface area contributed by atoms with Gasteiger partial charge in [0.05, 0.1) is 0 Å². The average Bonchev–Trinajstić information content (AvgIpc) is 2.05.